The van der Waals surface area contributed by atoms with E-state index < -0.39 is 0 Å². The molecule has 9 heteroatoms. The Hall–Kier alpha value is -3.40. The van der Waals surface area contributed by atoms with E-state index in [0.29, 0.717) is 48.9 Å². The van der Waals surface area contributed by atoms with Crippen LogP contribution in [0.1, 0.15) is 15.9 Å². The first-order valence-electron chi connectivity index (χ1n) is 10.5. The molecule has 0 fully saturated rings. The summed E-state index contributed by atoms with van der Waals surface area (Å²) in [7, 11) is 3.09. The molecule has 0 aromatic heterocycles. The second kappa shape index (κ2) is 13.9. The van der Waals surface area contributed by atoms with Gasteiger partial charge in [0.2, 0.25) is 5.91 Å². The van der Waals surface area contributed by atoms with E-state index in [0.717, 1.165) is 5.56 Å². The lowest BCUT2D eigenvalue weighted by Crippen LogP contribution is -2.38. The molecule has 0 aliphatic heterocycles. The van der Waals surface area contributed by atoms with E-state index in [1.165, 1.54) is 13.2 Å². The number of hydrogen-bond donors (Lipinski definition) is 4. The van der Waals surface area contributed by atoms with Gasteiger partial charge in [0.1, 0.15) is 0 Å². The van der Waals surface area contributed by atoms with Gasteiger partial charge in [-0.05, 0) is 35.9 Å². The predicted octanol–water partition coefficient (Wildman–Crippen LogP) is 1.37. The molecule has 0 bridgehead atoms. The first-order valence-corrected chi connectivity index (χ1v) is 10.5. The van der Waals surface area contributed by atoms with Crippen LogP contribution in [0, 0.1) is 0 Å². The standard InChI is InChI=1S/C24H31N3O6/c1-32-21-9-7-18(17-22(21)33-2)8-10-23(30)26-20-6-4-3-5-19(20)24(31)25-11-12-27(13-15-28)14-16-29/h3-10,17,28-29H,11-16H2,1-2H3,(H,25,31)(H,26,30)/b10-8+. The molecule has 4 N–H and O–H groups in total. The first-order chi connectivity index (χ1) is 16.0. The van der Waals surface area contributed by atoms with Crippen molar-refractivity contribution in [1.29, 1.82) is 0 Å². The highest BCUT2D eigenvalue weighted by molar-refractivity contribution is 6.07. The molecule has 2 aromatic carbocycles. The molecule has 2 amide bonds. The summed E-state index contributed by atoms with van der Waals surface area (Å²) in [5.74, 6) is 0.429. The van der Waals surface area contributed by atoms with Gasteiger partial charge in [-0.2, -0.15) is 0 Å². The lowest BCUT2D eigenvalue weighted by molar-refractivity contribution is -0.111. The summed E-state index contributed by atoms with van der Waals surface area (Å²) >= 11 is 0. The molecule has 0 saturated carbocycles. The zero-order valence-corrected chi connectivity index (χ0v) is 18.9. The Balaban J connectivity index is 1.99. The highest BCUT2D eigenvalue weighted by Gasteiger charge is 2.13. The van der Waals surface area contributed by atoms with E-state index in [4.69, 9.17) is 19.7 Å². The van der Waals surface area contributed by atoms with Gasteiger partial charge in [-0.25, -0.2) is 0 Å². The molecule has 0 atom stereocenters. The normalized spacial score (nSPS) is 10.9. The number of rotatable bonds is 13. The molecule has 0 spiro atoms. The van der Waals surface area contributed by atoms with E-state index >= 15 is 0 Å². The van der Waals surface area contributed by atoms with Crippen molar-refractivity contribution >= 4 is 23.6 Å². The number of para-hydroxylation sites is 1. The van der Waals surface area contributed by atoms with Crippen molar-refractivity contribution in [2.24, 2.45) is 0 Å². The molecular weight excluding hydrogens is 426 g/mol. The number of aliphatic hydroxyl groups is 2. The van der Waals surface area contributed by atoms with Crippen LogP contribution >= 0.6 is 0 Å². The Bertz CT molecular complexity index is 942. The number of nitrogens with one attached hydrogen (secondary N) is 2. The fourth-order valence-electron chi connectivity index (χ4n) is 3.13. The number of amides is 2. The average Bonchev–Trinajstić information content (AvgIpc) is 2.83. The van der Waals surface area contributed by atoms with Crippen LogP contribution in [-0.2, 0) is 4.79 Å². The summed E-state index contributed by atoms with van der Waals surface area (Å²) < 4.78 is 10.5. The highest BCUT2D eigenvalue weighted by atomic mass is 16.5. The number of methoxy groups -OCH3 is 2. The maximum Gasteiger partial charge on any atom is 0.253 e. The van der Waals surface area contributed by atoms with Crippen LogP contribution in [0.15, 0.2) is 48.5 Å². The van der Waals surface area contributed by atoms with Gasteiger partial charge in [0, 0.05) is 32.3 Å². The fraction of sp³-hybridized carbons (Fsp3) is 0.333. The second-order valence-corrected chi connectivity index (χ2v) is 7.03. The number of carbonyl (C=O) groups is 2. The van der Waals surface area contributed by atoms with Crippen molar-refractivity contribution in [3.05, 3.63) is 59.7 Å². The van der Waals surface area contributed by atoms with Crippen molar-refractivity contribution < 1.29 is 29.3 Å². The van der Waals surface area contributed by atoms with Gasteiger partial charge in [0.25, 0.3) is 5.91 Å². The summed E-state index contributed by atoms with van der Waals surface area (Å²) in [4.78, 5) is 26.9. The number of anilines is 1. The minimum atomic E-state index is -0.387. The van der Waals surface area contributed by atoms with E-state index in [-0.39, 0.29) is 25.0 Å². The molecule has 2 rings (SSSR count). The Kier molecular flexibility index (Phi) is 10.9. The zero-order chi connectivity index (χ0) is 24.1. The van der Waals surface area contributed by atoms with E-state index in [2.05, 4.69) is 10.6 Å². The molecule has 0 aliphatic rings. The monoisotopic (exact) mass is 457 g/mol. The van der Waals surface area contributed by atoms with Gasteiger partial charge in [0.05, 0.1) is 38.7 Å². The number of ether oxygens (including phenoxy) is 2. The van der Waals surface area contributed by atoms with E-state index in [1.54, 1.807) is 55.7 Å². The molecule has 0 heterocycles. The minimum absolute atomic E-state index is 0.0281. The number of hydrogen-bond acceptors (Lipinski definition) is 7. The van der Waals surface area contributed by atoms with Crippen molar-refractivity contribution in [1.82, 2.24) is 10.2 Å². The fourth-order valence-corrected chi connectivity index (χ4v) is 3.13. The van der Waals surface area contributed by atoms with Crippen LogP contribution < -0.4 is 20.1 Å². The largest absolute Gasteiger partial charge is 0.493 e. The van der Waals surface area contributed by atoms with Crippen LogP contribution in [0.4, 0.5) is 5.69 Å². The predicted molar refractivity (Wildman–Crippen MR) is 127 cm³/mol. The van der Waals surface area contributed by atoms with Gasteiger partial charge in [-0.15, -0.1) is 0 Å². The second-order valence-electron chi connectivity index (χ2n) is 7.03. The Morgan fingerprint density at radius 2 is 1.67 bits per heavy atom. The Labute approximate surface area is 193 Å². The highest BCUT2D eigenvalue weighted by Crippen LogP contribution is 2.28. The van der Waals surface area contributed by atoms with Crippen molar-refractivity contribution in [2.45, 2.75) is 0 Å². The zero-order valence-electron chi connectivity index (χ0n) is 18.9. The number of benzene rings is 2. The molecule has 9 nitrogen and oxygen atoms in total. The van der Waals surface area contributed by atoms with Gasteiger partial charge >= 0.3 is 0 Å². The summed E-state index contributed by atoms with van der Waals surface area (Å²) in [5.41, 5.74) is 1.48. The topological polar surface area (TPSA) is 120 Å². The molecule has 0 saturated heterocycles. The molecular formula is C24H31N3O6. The van der Waals surface area contributed by atoms with Gasteiger partial charge < -0.3 is 30.3 Å². The maximum atomic E-state index is 12.6. The average molecular weight is 458 g/mol. The molecule has 178 valence electrons. The first kappa shape index (κ1) is 25.9. The quantitative estimate of drug-likeness (QED) is 0.335. The molecule has 0 unspecified atom stereocenters. The van der Waals surface area contributed by atoms with E-state index in [1.807, 2.05) is 4.90 Å². The third kappa shape index (κ3) is 8.23. The molecule has 0 radical (unpaired) electrons. The molecule has 33 heavy (non-hydrogen) atoms. The third-order valence-corrected chi connectivity index (χ3v) is 4.81. The summed E-state index contributed by atoms with van der Waals surface area (Å²) in [6.45, 7) is 1.58. The SMILES string of the molecule is COc1ccc(/C=C/C(=O)Nc2ccccc2C(=O)NCCN(CCO)CCO)cc1OC. The lowest BCUT2D eigenvalue weighted by atomic mass is 10.1. The van der Waals surface area contributed by atoms with E-state index in [9.17, 15) is 9.59 Å². The van der Waals surface area contributed by atoms with Crippen LogP contribution in [0.2, 0.25) is 0 Å². The lowest BCUT2D eigenvalue weighted by Gasteiger charge is -2.20. The maximum absolute atomic E-state index is 12.6. The Morgan fingerprint density at radius 3 is 2.33 bits per heavy atom. The van der Waals surface area contributed by atoms with Gasteiger partial charge in [0.15, 0.2) is 11.5 Å². The van der Waals surface area contributed by atoms with Crippen LogP contribution in [0.5, 0.6) is 11.5 Å². The third-order valence-electron chi connectivity index (χ3n) is 4.81. The minimum Gasteiger partial charge on any atom is -0.493 e. The summed E-state index contributed by atoms with van der Waals surface area (Å²) in [5, 5.41) is 23.7. The van der Waals surface area contributed by atoms with Gasteiger partial charge in [-0.3, -0.25) is 14.5 Å². The Morgan fingerprint density at radius 1 is 0.970 bits per heavy atom. The van der Waals surface area contributed by atoms with Crippen LogP contribution in [-0.4, -0.2) is 80.5 Å². The molecule has 0 aliphatic carbocycles. The van der Waals surface area contributed by atoms with Crippen molar-refractivity contribution in [2.75, 3.05) is 58.9 Å². The van der Waals surface area contributed by atoms with Crippen LogP contribution in [0.25, 0.3) is 6.08 Å². The van der Waals surface area contributed by atoms with Crippen molar-refractivity contribution in [3.63, 3.8) is 0 Å². The number of nitrogens with zero attached hydrogens (tertiary/aromatic N) is 1. The smallest absolute Gasteiger partial charge is 0.253 e. The summed E-state index contributed by atoms with van der Waals surface area (Å²) in [6.07, 6.45) is 3.01. The number of carbonyl (C=O) groups excluding carboxylic acids is 2. The number of aliphatic hydroxyl groups excluding tert-OH is 2. The molecule has 2 aromatic rings. The van der Waals surface area contributed by atoms with Gasteiger partial charge in [-0.1, -0.05) is 18.2 Å². The van der Waals surface area contributed by atoms with Crippen molar-refractivity contribution in [3.8, 4) is 11.5 Å². The summed E-state index contributed by atoms with van der Waals surface area (Å²) in [6, 6.07) is 12.0. The van der Waals surface area contributed by atoms with Crippen LogP contribution in [0.3, 0.4) is 0 Å².